The lowest BCUT2D eigenvalue weighted by Gasteiger charge is -2.25. The fourth-order valence-electron chi connectivity index (χ4n) is 3.41. The molecule has 1 aromatic heterocycles. The van der Waals surface area contributed by atoms with Crippen LogP contribution in [0.1, 0.15) is 10.4 Å². The van der Waals surface area contributed by atoms with Crippen LogP contribution in [-0.4, -0.2) is 37.2 Å². The molecule has 140 valence electrons. The van der Waals surface area contributed by atoms with E-state index in [1.54, 1.807) is 11.3 Å². The first-order valence-electron chi connectivity index (χ1n) is 9.30. The van der Waals surface area contributed by atoms with Gasteiger partial charge in [-0.25, -0.2) is 4.98 Å². The van der Waals surface area contributed by atoms with Gasteiger partial charge in [0, 0.05) is 24.3 Å². The standard InChI is InChI=1S/C22H19N3O2S/c26-21(17-6-5-15-3-1-2-4-16(15)13-17)23-18-7-8-19-20(14-18)28-22(24-19)25-9-11-27-12-10-25/h1-8,13-14H,9-12H2,(H,23,26). The largest absolute Gasteiger partial charge is 0.378 e. The quantitative estimate of drug-likeness (QED) is 0.559. The minimum atomic E-state index is -0.108. The Morgan fingerprint density at radius 3 is 2.68 bits per heavy atom. The number of anilines is 2. The van der Waals surface area contributed by atoms with Crippen molar-refractivity contribution in [3.63, 3.8) is 0 Å². The summed E-state index contributed by atoms with van der Waals surface area (Å²) in [5.41, 5.74) is 2.38. The molecule has 1 aliphatic rings. The number of rotatable bonds is 3. The summed E-state index contributed by atoms with van der Waals surface area (Å²) in [4.78, 5) is 19.7. The van der Waals surface area contributed by atoms with Gasteiger partial charge in [0.1, 0.15) is 0 Å². The molecule has 1 fully saturated rings. The summed E-state index contributed by atoms with van der Waals surface area (Å²) in [6.07, 6.45) is 0. The van der Waals surface area contributed by atoms with Crippen LogP contribution in [0.2, 0.25) is 0 Å². The highest BCUT2D eigenvalue weighted by Gasteiger charge is 2.16. The van der Waals surface area contributed by atoms with Gasteiger partial charge < -0.3 is 15.0 Å². The van der Waals surface area contributed by atoms with Crippen LogP contribution in [-0.2, 0) is 4.74 Å². The molecule has 0 spiro atoms. The van der Waals surface area contributed by atoms with Gasteiger partial charge in [0.2, 0.25) is 0 Å². The number of nitrogens with one attached hydrogen (secondary N) is 1. The number of carbonyl (C=O) groups excluding carboxylic acids is 1. The third kappa shape index (κ3) is 3.32. The van der Waals surface area contributed by atoms with Gasteiger partial charge in [-0.15, -0.1) is 0 Å². The molecule has 2 heterocycles. The number of fused-ring (bicyclic) bond motifs is 2. The number of aromatic nitrogens is 1. The minimum Gasteiger partial charge on any atom is -0.378 e. The van der Waals surface area contributed by atoms with Crippen LogP contribution in [0, 0.1) is 0 Å². The summed E-state index contributed by atoms with van der Waals surface area (Å²) in [6.45, 7) is 3.21. The van der Waals surface area contributed by atoms with Crippen molar-refractivity contribution < 1.29 is 9.53 Å². The zero-order valence-electron chi connectivity index (χ0n) is 15.2. The fourth-order valence-corrected chi connectivity index (χ4v) is 4.47. The van der Waals surface area contributed by atoms with E-state index in [0.29, 0.717) is 5.56 Å². The average Bonchev–Trinajstić information content (AvgIpc) is 3.17. The maximum Gasteiger partial charge on any atom is 0.255 e. The number of nitrogens with zero attached hydrogens (tertiary/aromatic N) is 2. The van der Waals surface area contributed by atoms with Gasteiger partial charge in [0.05, 0.1) is 23.4 Å². The van der Waals surface area contributed by atoms with Crippen molar-refractivity contribution in [3.05, 3.63) is 66.2 Å². The predicted octanol–water partition coefficient (Wildman–Crippen LogP) is 4.54. The molecule has 1 aliphatic heterocycles. The molecular weight excluding hydrogens is 370 g/mol. The van der Waals surface area contributed by atoms with E-state index < -0.39 is 0 Å². The van der Waals surface area contributed by atoms with Crippen molar-refractivity contribution >= 4 is 49.1 Å². The summed E-state index contributed by atoms with van der Waals surface area (Å²) in [5.74, 6) is -0.108. The molecule has 0 bridgehead atoms. The Balaban J connectivity index is 1.38. The zero-order chi connectivity index (χ0) is 18.9. The predicted molar refractivity (Wildman–Crippen MR) is 115 cm³/mol. The van der Waals surface area contributed by atoms with Gasteiger partial charge in [-0.3, -0.25) is 4.79 Å². The van der Waals surface area contributed by atoms with Crippen LogP contribution in [0.5, 0.6) is 0 Å². The fraction of sp³-hybridized carbons (Fsp3) is 0.182. The lowest BCUT2D eigenvalue weighted by atomic mass is 10.1. The summed E-state index contributed by atoms with van der Waals surface area (Å²) in [7, 11) is 0. The van der Waals surface area contributed by atoms with Crippen LogP contribution in [0.15, 0.2) is 60.7 Å². The van der Waals surface area contributed by atoms with E-state index in [9.17, 15) is 4.79 Å². The van der Waals surface area contributed by atoms with E-state index in [4.69, 9.17) is 9.72 Å². The Labute approximate surface area is 166 Å². The molecule has 1 amide bonds. The Hall–Kier alpha value is -2.96. The summed E-state index contributed by atoms with van der Waals surface area (Å²) in [5, 5.41) is 6.20. The summed E-state index contributed by atoms with van der Waals surface area (Å²) in [6, 6.07) is 19.7. The molecule has 3 aromatic carbocycles. The van der Waals surface area contributed by atoms with Crippen LogP contribution >= 0.6 is 11.3 Å². The van der Waals surface area contributed by atoms with Crippen molar-refractivity contribution in [1.29, 1.82) is 0 Å². The van der Waals surface area contributed by atoms with Crippen molar-refractivity contribution in [2.75, 3.05) is 36.5 Å². The first-order valence-corrected chi connectivity index (χ1v) is 10.1. The van der Waals surface area contributed by atoms with Gasteiger partial charge in [-0.1, -0.05) is 41.7 Å². The lowest BCUT2D eigenvalue weighted by Crippen LogP contribution is -2.36. The molecule has 0 unspecified atom stereocenters. The zero-order valence-corrected chi connectivity index (χ0v) is 16.0. The third-order valence-electron chi connectivity index (χ3n) is 4.93. The van der Waals surface area contributed by atoms with E-state index >= 15 is 0 Å². The van der Waals surface area contributed by atoms with E-state index in [2.05, 4.69) is 10.2 Å². The van der Waals surface area contributed by atoms with Gasteiger partial charge in [-0.05, 0) is 41.1 Å². The molecule has 0 atom stereocenters. The van der Waals surface area contributed by atoms with Gasteiger partial charge in [0.25, 0.3) is 5.91 Å². The molecule has 5 rings (SSSR count). The van der Waals surface area contributed by atoms with Crippen LogP contribution < -0.4 is 10.2 Å². The summed E-state index contributed by atoms with van der Waals surface area (Å²) >= 11 is 1.65. The maximum atomic E-state index is 12.7. The highest BCUT2D eigenvalue weighted by Crippen LogP contribution is 2.31. The number of ether oxygens (including phenoxy) is 1. The number of hydrogen-bond donors (Lipinski definition) is 1. The Morgan fingerprint density at radius 2 is 1.82 bits per heavy atom. The van der Waals surface area contributed by atoms with E-state index in [1.807, 2.05) is 60.7 Å². The smallest absolute Gasteiger partial charge is 0.255 e. The molecule has 5 nitrogen and oxygen atoms in total. The first kappa shape index (κ1) is 17.2. The maximum absolute atomic E-state index is 12.7. The Morgan fingerprint density at radius 1 is 1.00 bits per heavy atom. The van der Waals surface area contributed by atoms with Crippen molar-refractivity contribution in [2.24, 2.45) is 0 Å². The van der Waals surface area contributed by atoms with Crippen molar-refractivity contribution in [3.8, 4) is 0 Å². The monoisotopic (exact) mass is 389 g/mol. The van der Waals surface area contributed by atoms with Crippen LogP contribution in [0.25, 0.3) is 21.0 Å². The second-order valence-electron chi connectivity index (χ2n) is 6.79. The molecule has 28 heavy (non-hydrogen) atoms. The Bertz CT molecular complexity index is 1160. The molecule has 1 N–H and O–H groups in total. The molecule has 0 radical (unpaired) electrons. The van der Waals surface area contributed by atoms with Crippen molar-refractivity contribution in [1.82, 2.24) is 4.98 Å². The average molecular weight is 389 g/mol. The molecule has 0 aliphatic carbocycles. The molecule has 4 aromatic rings. The third-order valence-corrected chi connectivity index (χ3v) is 6.01. The lowest BCUT2D eigenvalue weighted by molar-refractivity contribution is 0.102. The topological polar surface area (TPSA) is 54.5 Å². The Kier molecular flexibility index (Phi) is 4.43. The van der Waals surface area contributed by atoms with E-state index in [1.165, 1.54) is 0 Å². The van der Waals surface area contributed by atoms with E-state index in [-0.39, 0.29) is 5.91 Å². The normalized spacial score (nSPS) is 14.5. The number of carbonyl (C=O) groups is 1. The van der Waals surface area contributed by atoms with Crippen molar-refractivity contribution in [2.45, 2.75) is 0 Å². The van der Waals surface area contributed by atoms with Crippen LogP contribution in [0.4, 0.5) is 10.8 Å². The number of thiazole rings is 1. The SMILES string of the molecule is O=C(Nc1ccc2nc(N3CCOCC3)sc2c1)c1ccc2ccccc2c1. The number of morpholine rings is 1. The summed E-state index contributed by atoms with van der Waals surface area (Å²) < 4.78 is 6.48. The van der Waals surface area contributed by atoms with Gasteiger partial charge in [0.15, 0.2) is 5.13 Å². The van der Waals surface area contributed by atoms with Crippen LogP contribution in [0.3, 0.4) is 0 Å². The number of hydrogen-bond acceptors (Lipinski definition) is 5. The highest BCUT2D eigenvalue weighted by atomic mass is 32.1. The molecule has 6 heteroatoms. The second-order valence-corrected chi connectivity index (χ2v) is 7.80. The van der Waals surface area contributed by atoms with Gasteiger partial charge in [-0.2, -0.15) is 0 Å². The molecule has 1 saturated heterocycles. The first-order chi connectivity index (χ1) is 13.8. The molecular formula is C22H19N3O2S. The number of amides is 1. The molecule has 0 saturated carbocycles. The van der Waals surface area contributed by atoms with Gasteiger partial charge >= 0.3 is 0 Å². The van der Waals surface area contributed by atoms with E-state index in [0.717, 1.165) is 58.1 Å². The minimum absolute atomic E-state index is 0.108. The second kappa shape index (κ2) is 7.22. The highest BCUT2D eigenvalue weighted by molar-refractivity contribution is 7.22. The number of benzene rings is 3.